The van der Waals surface area contributed by atoms with E-state index in [1.54, 1.807) is 26.0 Å². The van der Waals surface area contributed by atoms with E-state index in [1.807, 2.05) is 0 Å². The molecule has 6 nitrogen and oxygen atoms in total. The fraction of sp³-hybridized carbons (Fsp3) is 0.278. The molecule has 0 aliphatic heterocycles. The number of primary sulfonamides is 1. The standard InChI is InChI=1S/C18H21F2N3O3S/c1-11(14-5-8-16(19)17(20)9-14)22-10-18(24)23-12(2)13-3-6-15(7-4-13)27(21,25)26/h3-9,11-12,22H,10H2,1-2H3,(H,23,24)(H2,21,25,26)/t11-,12-/m1/s1. The Balaban J connectivity index is 1.90. The van der Waals surface area contributed by atoms with Gasteiger partial charge in [0.15, 0.2) is 11.6 Å². The third-order valence-electron chi connectivity index (χ3n) is 4.10. The Hall–Kier alpha value is -2.36. The number of carbonyl (C=O) groups excluding carboxylic acids is 1. The lowest BCUT2D eigenvalue weighted by atomic mass is 10.1. The van der Waals surface area contributed by atoms with Crippen LogP contribution in [0.1, 0.15) is 37.1 Å². The number of sulfonamides is 1. The van der Waals surface area contributed by atoms with Crippen LogP contribution in [0.3, 0.4) is 0 Å². The van der Waals surface area contributed by atoms with E-state index < -0.39 is 21.7 Å². The lowest BCUT2D eigenvalue weighted by Crippen LogP contribution is -2.36. The maximum absolute atomic E-state index is 13.3. The summed E-state index contributed by atoms with van der Waals surface area (Å²) in [4.78, 5) is 12.1. The molecule has 0 aliphatic rings. The molecule has 4 N–H and O–H groups in total. The quantitative estimate of drug-likeness (QED) is 0.666. The minimum absolute atomic E-state index is 0.00759. The molecule has 0 heterocycles. The maximum Gasteiger partial charge on any atom is 0.238 e. The number of rotatable bonds is 7. The summed E-state index contributed by atoms with van der Waals surface area (Å²) in [5.74, 6) is -2.17. The van der Waals surface area contributed by atoms with Gasteiger partial charge in [-0.25, -0.2) is 22.3 Å². The van der Waals surface area contributed by atoms with Gasteiger partial charge in [-0.3, -0.25) is 4.79 Å². The van der Waals surface area contributed by atoms with Gasteiger partial charge in [-0.15, -0.1) is 0 Å². The van der Waals surface area contributed by atoms with E-state index in [2.05, 4.69) is 10.6 Å². The van der Waals surface area contributed by atoms with E-state index in [-0.39, 0.29) is 29.4 Å². The SMILES string of the molecule is C[C@@H](NCC(=O)N[C@H](C)c1ccc(S(N)(=O)=O)cc1)c1ccc(F)c(F)c1. The predicted molar refractivity (Wildman–Crippen MR) is 97.1 cm³/mol. The highest BCUT2D eigenvalue weighted by Crippen LogP contribution is 2.17. The van der Waals surface area contributed by atoms with Crippen molar-refractivity contribution in [2.75, 3.05) is 6.54 Å². The van der Waals surface area contributed by atoms with Gasteiger partial charge in [0, 0.05) is 6.04 Å². The Kier molecular flexibility index (Phi) is 6.63. The van der Waals surface area contributed by atoms with Crippen molar-refractivity contribution < 1.29 is 22.0 Å². The first-order chi connectivity index (χ1) is 12.6. The number of nitrogens with one attached hydrogen (secondary N) is 2. The average Bonchev–Trinajstić information content (AvgIpc) is 2.61. The number of nitrogens with two attached hydrogens (primary N) is 1. The fourth-order valence-electron chi connectivity index (χ4n) is 2.47. The molecule has 0 saturated carbocycles. The second-order valence-electron chi connectivity index (χ2n) is 6.18. The Labute approximate surface area is 156 Å². The summed E-state index contributed by atoms with van der Waals surface area (Å²) in [6.45, 7) is 3.46. The molecule has 2 rings (SSSR count). The molecule has 0 fully saturated rings. The first-order valence-electron chi connectivity index (χ1n) is 8.18. The minimum atomic E-state index is -3.77. The van der Waals surface area contributed by atoms with E-state index in [0.29, 0.717) is 11.1 Å². The van der Waals surface area contributed by atoms with E-state index in [1.165, 1.54) is 18.2 Å². The molecule has 146 valence electrons. The van der Waals surface area contributed by atoms with Gasteiger partial charge in [0.1, 0.15) is 0 Å². The van der Waals surface area contributed by atoms with E-state index in [4.69, 9.17) is 5.14 Å². The summed E-state index contributed by atoms with van der Waals surface area (Å²) < 4.78 is 48.7. The van der Waals surface area contributed by atoms with E-state index >= 15 is 0 Å². The second kappa shape index (κ2) is 8.55. The largest absolute Gasteiger partial charge is 0.348 e. The van der Waals surface area contributed by atoms with E-state index in [9.17, 15) is 22.0 Å². The van der Waals surface area contributed by atoms with Crippen LogP contribution in [0.5, 0.6) is 0 Å². The van der Waals surface area contributed by atoms with Gasteiger partial charge < -0.3 is 10.6 Å². The lowest BCUT2D eigenvalue weighted by molar-refractivity contribution is -0.121. The number of benzene rings is 2. The van der Waals surface area contributed by atoms with Gasteiger partial charge in [-0.1, -0.05) is 18.2 Å². The highest BCUT2D eigenvalue weighted by Gasteiger charge is 2.14. The number of amides is 1. The summed E-state index contributed by atoms with van der Waals surface area (Å²) in [5.41, 5.74) is 1.23. The molecule has 0 aliphatic carbocycles. The highest BCUT2D eigenvalue weighted by atomic mass is 32.2. The van der Waals surface area contributed by atoms with Crippen LogP contribution in [0.4, 0.5) is 8.78 Å². The van der Waals surface area contributed by atoms with E-state index in [0.717, 1.165) is 12.1 Å². The zero-order valence-electron chi connectivity index (χ0n) is 14.9. The third kappa shape index (κ3) is 5.81. The van der Waals surface area contributed by atoms with Crippen molar-refractivity contribution in [3.63, 3.8) is 0 Å². The van der Waals surface area contributed by atoms with Crippen LogP contribution in [0, 0.1) is 11.6 Å². The molecule has 0 radical (unpaired) electrons. The zero-order valence-corrected chi connectivity index (χ0v) is 15.7. The van der Waals surface area contributed by atoms with Gasteiger partial charge >= 0.3 is 0 Å². The van der Waals surface area contributed by atoms with Crippen molar-refractivity contribution in [3.05, 3.63) is 65.2 Å². The van der Waals surface area contributed by atoms with Crippen molar-refractivity contribution in [3.8, 4) is 0 Å². The smallest absolute Gasteiger partial charge is 0.238 e. The van der Waals surface area contributed by atoms with Crippen LogP contribution in [-0.4, -0.2) is 20.9 Å². The van der Waals surface area contributed by atoms with Crippen LogP contribution in [-0.2, 0) is 14.8 Å². The molecular weight excluding hydrogens is 376 g/mol. The normalized spacial score (nSPS) is 13.8. The first-order valence-corrected chi connectivity index (χ1v) is 9.73. The number of carbonyl (C=O) groups is 1. The zero-order chi connectivity index (χ0) is 20.2. The molecule has 27 heavy (non-hydrogen) atoms. The molecule has 2 aromatic carbocycles. The minimum Gasteiger partial charge on any atom is -0.348 e. The topological polar surface area (TPSA) is 101 Å². The summed E-state index contributed by atoms with van der Waals surface area (Å²) in [5, 5.41) is 10.7. The van der Waals surface area contributed by atoms with Crippen LogP contribution in [0.25, 0.3) is 0 Å². The molecule has 2 atom stereocenters. The maximum atomic E-state index is 13.3. The molecular formula is C18H21F2N3O3S. The van der Waals surface area contributed by atoms with Gasteiger partial charge in [-0.2, -0.15) is 0 Å². The van der Waals surface area contributed by atoms with Crippen molar-refractivity contribution in [2.24, 2.45) is 5.14 Å². The number of hydrogen-bond acceptors (Lipinski definition) is 4. The van der Waals surface area contributed by atoms with Gasteiger partial charge in [0.25, 0.3) is 0 Å². The summed E-state index contributed by atoms with van der Waals surface area (Å²) in [6.07, 6.45) is 0. The molecule has 0 saturated heterocycles. The lowest BCUT2D eigenvalue weighted by Gasteiger charge is -2.17. The Morgan fingerprint density at radius 1 is 1.00 bits per heavy atom. The molecule has 0 bridgehead atoms. The average molecular weight is 397 g/mol. The van der Waals surface area contributed by atoms with Gasteiger partial charge in [0.05, 0.1) is 17.5 Å². The Bertz CT molecular complexity index is 918. The second-order valence-corrected chi connectivity index (χ2v) is 7.74. The van der Waals surface area contributed by atoms with Crippen LogP contribution in [0.15, 0.2) is 47.4 Å². The molecule has 2 aromatic rings. The fourth-order valence-corrected chi connectivity index (χ4v) is 2.98. The first kappa shape index (κ1) is 20.9. The summed E-state index contributed by atoms with van der Waals surface area (Å²) >= 11 is 0. The van der Waals surface area contributed by atoms with Crippen molar-refractivity contribution in [1.82, 2.24) is 10.6 Å². The number of halogens is 2. The molecule has 0 unspecified atom stereocenters. The van der Waals surface area contributed by atoms with Crippen molar-refractivity contribution >= 4 is 15.9 Å². The predicted octanol–water partition coefficient (Wildman–Crippen LogP) is 2.14. The molecule has 0 spiro atoms. The van der Waals surface area contributed by atoms with Gasteiger partial charge in [-0.05, 0) is 49.2 Å². The van der Waals surface area contributed by atoms with Crippen LogP contribution < -0.4 is 15.8 Å². The Morgan fingerprint density at radius 2 is 1.59 bits per heavy atom. The summed E-state index contributed by atoms with van der Waals surface area (Å²) in [6, 6.07) is 8.75. The molecule has 1 amide bonds. The third-order valence-corrected chi connectivity index (χ3v) is 5.03. The highest BCUT2D eigenvalue weighted by molar-refractivity contribution is 7.89. The van der Waals surface area contributed by atoms with Crippen LogP contribution >= 0.6 is 0 Å². The van der Waals surface area contributed by atoms with Crippen molar-refractivity contribution in [1.29, 1.82) is 0 Å². The monoisotopic (exact) mass is 397 g/mol. The number of hydrogen-bond donors (Lipinski definition) is 3. The Morgan fingerprint density at radius 3 is 2.15 bits per heavy atom. The molecule has 0 aromatic heterocycles. The van der Waals surface area contributed by atoms with Crippen LogP contribution in [0.2, 0.25) is 0 Å². The molecule has 9 heteroatoms. The summed E-state index contributed by atoms with van der Waals surface area (Å²) in [7, 11) is -3.77. The van der Waals surface area contributed by atoms with Crippen molar-refractivity contribution in [2.45, 2.75) is 30.8 Å². The van der Waals surface area contributed by atoms with Gasteiger partial charge in [0.2, 0.25) is 15.9 Å².